The summed E-state index contributed by atoms with van der Waals surface area (Å²) >= 11 is 0. The number of rotatable bonds is 3. The van der Waals surface area contributed by atoms with Crippen molar-refractivity contribution in [3.8, 4) is 0 Å². The summed E-state index contributed by atoms with van der Waals surface area (Å²) in [4.78, 5) is 2.22. The van der Waals surface area contributed by atoms with E-state index in [1.165, 1.54) is 11.1 Å². The van der Waals surface area contributed by atoms with E-state index in [1.807, 2.05) is 87.4 Å². The van der Waals surface area contributed by atoms with Gasteiger partial charge in [-0.25, -0.2) is 0 Å². The van der Waals surface area contributed by atoms with Gasteiger partial charge in [-0.1, -0.05) is 142 Å². The first-order valence-electron chi connectivity index (χ1n) is 11.8. The predicted molar refractivity (Wildman–Crippen MR) is 141 cm³/mol. The van der Waals surface area contributed by atoms with E-state index >= 15 is 0 Å². The van der Waals surface area contributed by atoms with Crippen molar-refractivity contribution in [2.75, 3.05) is 20.6 Å². The number of nitrogens with zero attached hydrogens (tertiary/aromatic N) is 1. The van der Waals surface area contributed by atoms with Crippen LogP contribution in [0.1, 0.15) is 93.2 Å². The second-order valence-electron chi connectivity index (χ2n) is 5.23. The second-order valence-corrected chi connectivity index (χ2v) is 5.23. The van der Waals surface area contributed by atoms with Crippen molar-refractivity contribution >= 4 is 0 Å². The van der Waals surface area contributed by atoms with Gasteiger partial charge in [0.2, 0.25) is 0 Å². The van der Waals surface area contributed by atoms with Crippen molar-refractivity contribution in [3.63, 3.8) is 0 Å². The molecular weight excluding hydrogens is 350 g/mol. The highest BCUT2D eigenvalue weighted by molar-refractivity contribution is 5.18. The molecule has 0 amide bonds. The highest BCUT2D eigenvalue weighted by atomic mass is 15.1. The van der Waals surface area contributed by atoms with E-state index in [9.17, 15) is 0 Å². The third kappa shape index (κ3) is 31.3. The zero-order valence-corrected chi connectivity index (χ0v) is 22.5. The quantitative estimate of drug-likeness (QED) is 0.491. The standard InChI is InChI=1S/C11H17N.C7H8.5C2H6/c1-10(9-12(2)3)11-7-5-4-6-8-11;1-7-5-3-2-4-6-7;5*1-2/h4-8,10H,9H2,1-3H3;2-6H,1H3;5*1-2H3. The SMILES string of the molecule is CC.CC.CC.CC.CC.CC(CN(C)C)c1ccccc1.Cc1ccccc1. The molecule has 0 aromatic heterocycles. The lowest BCUT2D eigenvalue weighted by atomic mass is 10.0. The minimum Gasteiger partial charge on any atom is -0.309 e. The molecular formula is C28H55N. The van der Waals surface area contributed by atoms with Crippen molar-refractivity contribution in [1.29, 1.82) is 0 Å². The molecule has 2 aromatic rings. The Balaban J connectivity index is -0.0000000967. The van der Waals surface area contributed by atoms with Gasteiger partial charge >= 0.3 is 0 Å². The Bertz CT molecular complexity index is 434. The highest BCUT2D eigenvalue weighted by Crippen LogP contribution is 2.14. The lowest BCUT2D eigenvalue weighted by Crippen LogP contribution is -2.18. The summed E-state index contributed by atoms with van der Waals surface area (Å²) in [6, 6.07) is 20.9. The normalized spacial score (nSPS) is 8.66. The minimum absolute atomic E-state index is 0.626. The van der Waals surface area contributed by atoms with E-state index in [-0.39, 0.29) is 0 Å². The summed E-state index contributed by atoms with van der Waals surface area (Å²) in [6.45, 7) is 25.5. The van der Waals surface area contributed by atoms with Crippen LogP contribution in [-0.4, -0.2) is 25.5 Å². The number of hydrogen-bond acceptors (Lipinski definition) is 1. The molecule has 1 nitrogen and oxygen atoms in total. The Hall–Kier alpha value is -1.60. The van der Waals surface area contributed by atoms with Gasteiger partial charge in [0.1, 0.15) is 0 Å². The molecule has 0 saturated carbocycles. The fraction of sp³-hybridized carbons (Fsp3) is 0.571. The van der Waals surface area contributed by atoms with Gasteiger partial charge in [0.25, 0.3) is 0 Å². The number of aryl methyl sites for hydroxylation is 1. The first-order chi connectivity index (χ1) is 14.1. The van der Waals surface area contributed by atoms with Crippen LogP contribution in [0.25, 0.3) is 0 Å². The molecule has 0 aliphatic heterocycles. The van der Waals surface area contributed by atoms with E-state index in [0.717, 1.165) is 6.54 Å². The average molecular weight is 406 g/mol. The first-order valence-corrected chi connectivity index (χ1v) is 11.8. The summed E-state index contributed by atoms with van der Waals surface area (Å²) in [5, 5.41) is 0. The molecule has 1 unspecified atom stereocenters. The molecule has 0 aliphatic carbocycles. The highest BCUT2D eigenvalue weighted by Gasteiger charge is 2.04. The molecule has 0 aliphatic rings. The largest absolute Gasteiger partial charge is 0.309 e. The fourth-order valence-electron chi connectivity index (χ4n) is 1.97. The summed E-state index contributed by atoms with van der Waals surface area (Å²) in [6.07, 6.45) is 0. The summed E-state index contributed by atoms with van der Waals surface area (Å²) in [5.74, 6) is 0.626. The Kier molecular flexibility index (Phi) is 48.8. The summed E-state index contributed by atoms with van der Waals surface area (Å²) < 4.78 is 0. The van der Waals surface area contributed by atoms with Crippen LogP contribution in [0.15, 0.2) is 60.7 Å². The second kappa shape index (κ2) is 37.2. The Morgan fingerprint density at radius 1 is 0.586 bits per heavy atom. The summed E-state index contributed by atoms with van der Waals surface area (Å²) in [5.41, 5.74) is 2.74. The van der Waals surface area contributed by atoms with E-state index in [4.69, 9.17) is 0 Å². The van der Waals surface area contributed by atoms with Gasteiger partial charge in [-0.15, -0.1) is 0 Å². The van der Waals surface area contributed by atoms with E-state index in [0.29, 0.717) is 5.92 Å². The molecule has 0 spiro atoms. The van der Waals surface area contributed by atoms with Gasteiger partial charge in [-0.2, -0.15) is 0 Å². The molecule has 0 fully saturated rings. The van der Waals surface area contributed by atoms with Crippen molar-refractivity contribution in [3.05, 3.63) is 71.8 Å². The summed E-state index contributed by atoms with van der Waals surface area (Å²) in [7, 11) is 4.22. The van der Waals surface area contributed by atoms with E-state index in [2.05, 4.69) is 75.3 Å². The molecule has 29 heavy (non-hydrogen) atoms. The smallest absolute Gasteiger partial charge is 0.00415 e. The maximum atomic E-state index is 2.26. The molecule has 2 rings (SSSR count). The van der Waals surface area contributed by atoms with Crippen LogP contribution >= 0.6 is 0 Å². The zero-order chi connectivity index (χ0) is 24.1. The van der Waals surface area contributed by atoms with E-state index in [1.54, 1.807) is 0 Å². The van der Waals surface area contributed by atoms with Crippen LogP contribution in [0, 0.1) is 6.92 Å². The monoisotopic (exact) mass is 405 g/mol. The van der Waals surface area contributed by atoms with E-state index < -0.39 is 0 Å². The maximum Gasteiger partial charge on any atom is 0.00415 e. The van der Waals surface area contributed by atoms with Crippen LogP contribution < -0.4 is 0 Å². The van der Waals surface area contributed by atoms with Crippen molar-refractivity contribution in [1.82, 2.24) is 4.90 Å². The molecule has 172 valence electrons. The predicted octanol–water partition coefficient (Wildman–Crippen LogP) is 9.48. The average Bonchev–Trinajstić information content (AvgIpc) is 2.82. The Morgan fingerprint density at radius 2 is 0.897 bits per heavy atom. The van der Waals surface area contributed by atoms with Gasteiger partial charge in [0.15, 0.2) is 0 Å². The van der Waals surface area contributed by atoms with Gasteiger partial charge in [-0.3, -0.25) is 0 Å². The van der Waals surface area contributed by atoms with Gasteiger partial charge in [-0.05, 0) is 32.5 Å². The lowest BCUT2D eigenvalue weighted by Gasteiger charge is -2.16. The van der Waals surface area contributed by atoms with Gasteiger partial charge < -0.3 is 4.90 Å². The number of likely N-dealkylation sites (N-methyl/N-ethyl adjacent to an activating group) is 1. The van der Waals surface area contributed by atoms with Crippen molar-refractivity contribution in [2.45, 2.75) is 89.0 Å². The van der Waals surface area contributed by atoms with Crippen LogP contribution in [0.3, 0.4) is 0 Å². The number of hydrogen-bond donors (Lipinski definition) is 0. The lowest BCUT2D eigenvalue weighted by molar-refractivity contribution is 0.383. The first kappa shape index (κ1) is 38.1. The maximum absolute atomic E-state index is 2.26. The van der Waals surface area contributed by atoms with Gasteiger partial charge in [0.05, 0.1) is 0 Å². The molecule has 0 saturated heterocycles. The number of benzene rings is 2. The molecule has 0 N–H and O–H groups in total. The third-order valence-corrected chi connectivity index (χ3v) is 2.95. The molecule has 1 heteroatoms. The van der Waals surface area contributed by atoms with Crippen LogP contribution in [0.5, 0.6) is 0 Å². The van der Waals surface area contributed by atoms with Crippen LogP contribution in [0.4, 0.5) is 0 Å². The van der Waals surface area contributed by atoms with Crippen molar-refractivity contribution < 1.29 is 0 Å². The topological polar surface area (TPSA) is 3.24 Å². The fourth-order valence-corrected chi connectivity index (χ4v) is 1.97. The van der Waals surface area contributed by atoms with Crippen LogP contribution in [-0.2, 0) is 0 Å². The Labute approximate surface area is 186 Å². The van der Waals surface area contributed by atoms with Crippen molar-refractivity contribution in [2.24, 2.45) is 0 Å². The molecule has 2 aromatic carbocycles. The Morgan fingerprint density at radius 3 is 1.14 bits per heavy atom. The van der Waals surface area contributed by atoms with Gasteiger partial charge in [0, 0.05) is 6.54 Å². The molecule has 0 radical (unpaired) electrons. The molecule has 0 heterocycles. The third-order valence-electron chi connectivity index (χ3n) is 2.95. The molecule has 1 atom stereocenters. The minimum atomic E-state index is 0.626. The zero-order valence-electron chi connectivity index (χ0n) is 22.5. The molecule has 0 bridgehead atoms. The van der Waals surface area contributed by atoms with Crippen LogP contribution in [0.2, 0.25) is 0 Å².